The topological polar surface area (TPSA) is 64.0 Å². The molecule has 4 aromatic rings. The van der Waals surface area contributed by atoms with Crippen LogP contribution in [0, 0.1) is 0 Å². The molecule has 1 saturated carbocycles. The highest BCUT2D eigenvalue weighted by Crippen LogP contribution is 2.44. The van der Waals surface area contributed by atoms with Gasteiger partial charge >= 0.3 is 0 Å². The molecule has 1 aliphatic carbocycles. The fourth-order valence-corrected chi connectivity index (χ4v) is 6.23. The second kappa shape index (κ2) is 8.61. The van der Waals surface area contributed by atoms with E-state index in [2.05, 4.69) is 10.7 Å². The van der Waals surface area contributed by atoms with Gasteiger partial charge in [0.2, 0.25) is 5.91 Å². The Morgan fingerprint density at radius 3 is 2.74 bits per heavy atom. The number of benzene rings is 1. The third kappa shape index (κ3) is 4.20. The van der Waals surface area contributed by atoms with Crippen molar-refractivity contribution in [2.24, 2.45) is 0 Å². The Kier molecular flexibility index (Phi) is 5.69. The number of aromatic nitrogens is 2. The van der Waals surface area contributed by atoms with E-state index < -0.39 is 0 Å². The van der Waals surface area contributed by atoms with Gasteiger partial charge < -0.3 is 5.32 Å². The lowest BCUT2D eigenvalue weighted by Crippen LogP contribution is -2.28. The fraction of sp³-hybridized carbons (Fsp3) is 0.261. The Bertz CT molecular complexity index is 1270. The summed E-state index contributed by atoms with van der Waals surface area (Å²) in [5.41, 5.74) is 1.85. The van der Waals surface area contributed by atoms with Crippen LogP contribution >= 0.6 is 34.4 Å². The number of amides is 1. The van der Waals surface area contributed by atoms with E-state index in [0.29, 0.717) is 11.1 Å². The molecule has 0 radical (unpaired) electrons. The van der Waals surface area contributed by atoms with Gasteiger partial charge in [-0.3, -0.25) is 14.2 Å². The van der Waals surface area contributed by atoms with Gasteiger partial charge in [-0.25, -0.2) is 4.98 Å². The molecular formula is C23H21N3O2S3. The van der Waals surface area contributed by atoms with Gasteiger partial charge in [0.15, 0.2) is 5.16 Å². The Morgan fingerprint density at radius 1 is 1.23 bits per heavy atom. The Morgan fingerprint density at radius 2 is 2.03 bits per heavy atom. The zero-order chi connectivity index (χ0) is 21.4. The van der Waals surface area contributed by atoms with Gasteiger partial charge in [-0.15, -0.1) is 22.7 Å². The van der Waals surface area contributed by atoms with Crippen LogP contribution in [0.4, 0.5) is 0 Å². The minimum Gasteiger partial charge on any atom is -0.348 e. The highest BCUT2D eigenvalue weighted by Gasteiger charge is 2.29. The summed E-state index contributed by atoms with van der Waals surface area (Å²) in [4.78, 5) is 32.8. The second-order valence-corrected chi connectivity index (χ2v) is 10.4. The molecule has 3 aromatic heterocycles. The van der Waals surface area contributed by atoms with Crippen molar-refractivity contribution < 1.29 is 4.79 Å². The van der Waals surface area contributed by atoms with E-state index >= 15 is 0 Å². The van der Waals surface area contributed by atoms with Crippen LogP contribution < -0.4 is 10.9 Å². The number of nitrogens with zero attached hydrogens (tertiary/aromatic N) is 2. The number of fused-ring (bicyclic) bond motifs is 1. The molecule has 0 aliphatic heterocycles. The van der Waals surface area contributed by atoms with E-state index in [1.54, 1.807) is 15.9 Å². The molecule has 1 fully saturated rings. The molecule has 1 N–H and O–H groups in total. The van der Waals surface area contributed by atoms with Crippen LogP contribution in [0.2, 0.25) is 0 Å². The number of carbonyl (C=O) groups excluding carboxylic acids is 1. The van der Waals surface area contributed by atoms with Crippen LogP contribution in [0.25, 0.3) is 15.9 Å². The summed E-state index contributed by atoms with van der Waals surface area (Å²) in [6.07, 6.45) is 2.27. The van der Waals surface area contributed by atoms with Crippen LogP contribution in [0.1, 0.15) is 42.2 Å². The first kappa shape index (κ1) is 20.5. The van der Waals surface area contributed by atoms with Crippen molar-refractivity contribution in [2.75, 3.05) is 5.75 Å². The number of rotatable bonds is 7. The van der Waals surface area contributed by atoms with Gasteiger partial charge in [0.1, 0.15) is 4.83 Å². The summed E-state index contributed by atoms with van der Waals surface area (Å²) in [6.45, 7) is 1.98. The normalized spacial score (nSPS) is 14.6. The Labute approximate surface area is 192 Å². The molecule has 31 heavy (non-hydrogen) atoms. The lowest BCUT2D eigenvalue weighted by molar-refractivity contribution is -0.119. The van der Waals surface area contributed by atoms with Crippen molar-refractivity contribution in [3.8, 4) is 5.69 Å². The number of hydrogen-bond acceptors (Lipinski definition) is 6. The minimum atomic E-state index is -0.0790. The molecule has 1 atom stereocenters. The first-order valence-electron chi connectivity index (χ1n) is 10.2. The van der Waals surface area contributed by atoms with E-state index in [-0.39, 0.29) is 23.3 Å². The maximum Gasteiger partial charge on any atom is 0.267 e. The smallest absolute Gasteiger partial charge is 0.267 e. The lowest BCUT2D eigenvalue weighted by atomic mass is 10.1. The van der Waals surface area contributed by atoms with Crippen LogP contribution in [0.15, 0.2) is 63.2 Å². The molecular weight excluding hydrogens is 446 g/mol. The predicted molar refractivity (Wildman–Crippen MR) is 129 cm³/mol. The summed E-state index contributed by atoms with van der Waals surface area (Å²) in [5.74, 6) is 0.599. The highest BCUT2D eigenvalue weighted by molar-refractivity contribution is 7.99. The zero-order valence-electron chi connectivity index (χ0n) is 16.9. The summed E-state index contributed by atoms with van der Waals surface area (Å²) < 4.78 is 1.65. The van der Waals surface area contributed by atoms with E-state index in [9.17, 15) is 9.59 Å². The predicted octanol–water partition coefficient (Wildman–Crippen LogP) is 5.36. The minimum absolute atomic E-state index is 0.0433. The summed E-state index contributed by atoms with van der Waals surface area (Å²) in [5, 5.41) is 8.39. The van der Waals surface area contributed by atoms with Crippen molar-refractivity contribution in [1.29, 1.82) is 0 Å². The maximum atomic E-state index is 13.6. The largest absolute Gasteiger partial charge is 0.348 e. The quantitative estimate of drug-likeness (QED) is 0.294. The number of hydrogen-bond donors (Lipinski definition) is 1. The van der Waals surface area contributed by atoms with E-state index in [1.807, 2.05) is 54.8 Å². The fourth-order valence-electron chi connectivity index (χ4n) is 3.61. The average molecular weight is 468 g/mol. The number of para-hydroxylation sites is 1. The second-order valence-electron chi connectivity index (χ2n) is 7.61. The maximum absolute atomic E-state index is 13.6. The monoisotopic (exact) mass is 467 g/mol. The molecule has 1 amide bonds. The van der Waals surface area contributed by atoms with Gasteiger partial charge in [0, 0.05) is 4.88 Å². The van der Waals surface area contributed by atoms with E-state index in [4.69, 9.17) is 4.98 Å². The third-order valence-electron chi connectivity index (χ3n) is 5.32. The standard InChI is InChI=1S/C23H21N3O2S3/c1-14(18-8-5-11-29-18)24-19(27)13-31-23-25-21-20(17(12-30-21)15-9-10-15)22(28)26(23)16-6-3-2-4-7-16/h2-8,11-12,14-15H,9-10,13H2,1H3,(H,24,27). The highest BCUT2D eigenvalue weighted by atomic mass is 32.2. The van der Waals surface area contributed by atoms with E-state index in [0.717, 1.165) is 39.2 Å². The lowest BCUT2D eigenvalue weighted by Gasteiger charge is -2.14. The van der Waals surface area contributed by atoms with Gasteiger partial charge in [-0.2, -0.15) is 0 Å². The SMILES string of the molecule is CC(NC(=O)CSc1nc2scc(C3CC3)c2c(=O)n1-c1ccccc1)c1cccs1. The van der Waals surface area contributed by atoms with Crippen LogP contribution in [0.3, 0.4) is 0 Å². The van der Waals surface area contributed by atoms with E-state index in [1.165, 1.54) is 23.1 Å². The van der Waals surface area contributed by atoms with Gasteiger partial charge in [-0.05, 0) is 60.2 Å². The molecule has 0 bridgehead atoms. The van der Waals surface area contributed by atoms with Crippen molar-refractivity contribution in [3.63, 3.8) is 0 Å². The average Bonchev–Trinajstić information content (AvgIpc) is 3.29. The van der Waals surface area contributed by atoms with Gasteiger partial charge in [-0.1, -0.05) is 36.0 Å². The molecule has 1 aromatic carbocycles. The first-order valence-corrected chi connectivity index (χ1v) is 12.9. The number of thiophene rings is 2. The molecule has 1 aliphatic rings. The van der Waals surface area contributed by atoms with Crippen LogP contribution in [-0.2, 0) is 4.79 Å². The zero-order valence-corrected chi connectivity index (χ0v) is 19.4. The van der Waals surface area contributed by atoms with Gasteiger partial charge in [0.25, 0.3) is 5.56 Å². The van der Waals surface area contributed by atoms with Gasteiger partial charge in [0.05, 0.1) is 22.9 Å². The molecule has 8 heteroatoms. The molecule has 1 unspecified atom stereocenters. The number of carbonyl (C=O) groups is 1. The molecule has 5 rings (SSSR count). The Hall–Kier alpha value is -2.42. The molecule has 0 saturated heterocycles. The summed E-state index contributed by atoms with van der Waals surface area (Å²) in [6, 6.07) is 13.5. The Balaban J connectivity index is 1.46. The van der Waals surface area contributed by atoms with Crippen molar-refractivity contribution >= 4 is 50.6 Å². The number of thioether (sulfide) groups is 1. The van der Waals surface area contributed by atoms with Crippen molar-refractivity contribution in [1.82, 2.24) is 14.9 Å². The molecule has 5 nitrogen and oxygen atoms in total. The summed E-state index contributed by atoms with van der Waals surface area (Å²) >= 11 is 4.44. The first-order chi connectivity index (χ1) is 15.1. The summed E-state index contributed by atoms with van der Waals surface area (Å²) in [7, 11) is 0. The molecule has 0 spiro atoms. The molecule has 158 valence electrons. The molecule has 3 heterocycles. The van der Waals surface area contributed by atoms with Crippen LogP contribution in [-0.4, -0.2) is 21.2 Å². The number of nitrogens with one attached hydrogen (secondary N) is 1. The van der Waals surface area contributed by atoms with Crippen molar-refractivity contribution in [3.05, 3.63) is 74.0 Å². The van der Waals surface area contributed by atoms with Crippen molar-refractivity contribution in [2.45, 2.75) is 36.9 Å². The van der Waals surface area contributed by atoms with Crippen LogP contribution in [0.5, 0.6) is 0 Å². The third-order valence-corrected chi connectivity index (χ3v) is 8.20.